The zero-order valence-electron chi connectivity index (χ0n) is 61.1. The summed E-state index contributed by atoms with van der Waals surface area (Å²) in [5, 5.41) is 54.4. The van der Waals surface area contributed by atoms with Crippen LogP contribution >= 0.6 is 0 Å². The number of hydrogen-bond donors (Lipinski definition) is 6. The van der Waals surface area contributed by atoms with Crippen LogP contribution in [-0.2, 0) is 23.8 Å². The number of allylic oxidation sites excluding steroid dienone is 1. The lowest BCUT2D eigenvalue weighted by atomic mass is 9.99. The Morgan fingerprint density at radius 2 is 0.685 bits per heavy atom. The summed E-state index contributed by atoms with van der Waals surface area (Å²) in [6.45, 7) is 4.39. The molecule has 0 bridgehead atoms. The molecular weight excluding hydrogens is 1150 g/mol. The molecule has 0 saturated carbocycles. The molecule has 1 aliphatic heterocycles. The Kier molecular flexibility index (Phi) is 67.9. The molecule has 92 heavy (non-hydrogen) atoms. The highest BCUT2D eigenvalue weighted by Crippen LogP contribution is 2.24. The zero-order chi connectivity index (χ0) is 66.5. The quantitative estimate of drug-likeness (QED) is 0.0195. The first-order valence-electron chi connectivity index (χ1n) is 41.0. The summed E-state index contributed by atoms with van der Waals surface area (Å²) in [5.74, 6) is -0.152. The number of nitrogens with one attached hydrogen (secondary N) is 1. The predicted octanol–water partition coefficient (Wildman–Crippen LogP) is 22.1. The molecule has 1 heterocycles. The number of ether oxygens (including phenoxy) is 3. The minimum atomic E-state index is -1.57. The van der Waals surface area contributed by atoms with Gasteiger partial charge < -0.3 is 45.1 Å². The van der Waals surface area contributed by atoms with E-state index >= 15 is 0 Å². The van der Waals surface area contributed by atoms with E-state index in [2.05, 4.69) is 19.2 Å². The molecule has 1 fully saturated rings. The summed E-state index contributed by atoms with van der Waals surface area (Å²) in [5.41, 5.74) is 0. The average molecular weight is 1310 g/mol. The monoisotopic (exact) mass is 1300 g/mol. The molecule has 0 aromatic carbocycles. The second-order valence-electron chi connectivity index (χ2n) is 28.8. The Hall–Kier alpha value is -1.60. The molecule has 0 aromatic rings. The van der Waals surface area contributed by atoms with Crippen molar-refractivity contribution >= 4 is 11.9 Å². The van der Waals surface area contributed by atoms with Gasteiger partial charge in [0, 0.05) is 12.8 Å². The standard InChI is InChI=1S/C81H157NO10/c1-3-5-7-9-11-13-15-16-17-39-43-46-49-53-57-61-65-69-77(86)90-70-66-62-58-54-50-47-44-41-38-36-34-32-30-28-26-24-22-20-18-19-21-23-25-27-29-31-33-35-37-40-42-45-48-52-56-60-64-68-76(85)82-73(72-91-81-80(89)79(88)78(87)75(71-83)92-81)74(84)67-63-59-55-51-14-12-10-8-6-4-2/h63,67,73-75,78-81,83-84,87-89H,3-62,64-66,68-72H2,1-2H3,(H,82,85)/b67-63+. The van der Waals surface area contributed by atoms with Gasteiger partial charge in [-0.25, -0.2) is 0 Å². The van der Waals surface area contributed by atoms with Gasteiger partial charge in [-0.15, -0.1) is 0 Å². The second-order valence-corrected chi connectivity index (χ2v) is 28.8. The Bertz CT molecular complexity index is 1530. The minimum absolute atomic E-state index is 0.0223. The molecule has 0 aliphatic carbocycles. The van der Waals surface area contributed by atoms with Gasteiger partial charge in [-0.3, -0.25) is 9.59 Å². The molecule has 0 aromatic heterocycles. The summed E-state index contributed by atoms with van der Waals surface area (Å²) in [6.07, 6.45) is 79.9. The van der Waals surface area contributed by atoms with Crippen LogP contribution in [0.2, 0.25) is 0 Å². The molecule has 546 valence electrons. The van der Waals surface area contributed by atoms with E-state index < -0.39 is 49.5 Å². The van der Waals surface area contributed by atoms with Crippen LogP contribution in [0.4, 0.5) is 0 Å². The van der Waals surface area contributed by atoms with Crippen LogP contribution in [0.1, 0.15) is 431 Å². The van der Waals surface area contributed by atoms with E-state index in [0.717, 1.165) is 51.4 Å². The molecule has 1 amide bonds. The fourth-order valence-electron chi connectivity index (χ4n) is 13.5. The third-order valence-electron chi connectivity index (χ3n) is 19.9. The number of amides is 1. The van der Waals surface area contributed by atoms with Crippen molar-refractivity contribution in [3.63, 3.8) is 0 Å². The van der Waals surface area contributed by atoms with Crippen LogP contribution in [0.15, 0.2) is 12.2 Å². The molecule has 1 saturated heterocycles. The molecule has 7 atom stereocenters. The number of rotatable bonds is 74. The van der Waals surface area contributed by atoms with E-state index in [1.807, 2.05) is 6.08 Å². The predicted molar refractivity (Wildman–Crippen MR) is 389 cm³/mol. The van der Waals surface area contributed by atoms with Crippen molar-refractivity contribution in [1.29, 1.82) is 0 Å². The summed E-state index contributed by atoms with van der Waals surface area (Å²) < 4.78 is 16.8. The van der Waals surface area contributed by atoms with E-state index in [1.165, 1.54) is 353 Å². The lowest BCUT2D eigenvalue weighted by Crippen LogP contribution is -2.60. The second kappa shape index (κ2) is 70.7. The van der Waals surface area contributed by atoms with E-state index in [4.69, 9.17) is 14.2 Å². The van der Waals surface area contributed by atoms with Gasteiger partial charge in [-0.2, -0.15) is 0 Å². The van der Waals surface area contributed by atoms with Crippen LogP contribution in [0.25, 0.3) is 0 Å². The number of esters is 1. The molecule has 0 radical (unpaired) electrons. The number of aliphatic hydroxyl groups is 5. The fourth-order valence-corrected chi connectivity index (χ4v) is 13.5. The van der Waals surface area contributed by atoms with E-state index in [-0.39, 0.29) is 18.5 Å². The smallest absolute Gasteiger partial charge is 0.305 e. The Labute approximate surface area is 569 Å². The van der Waals surface area contributed by atoms with Crippen LogP contribution in [0, 0.1) is 0 Å². The highest BCUT2D eigenvalue weighted by atomic mass is 16.7. The van der Waals surface area contributed by atoms with Gasteiger partial charge in [0.15, 0.2) is 6.29 Å². The topological polar surface area (TPSA) is 175 Å². The Morgan fingerprint density at radius 3 is 1.01 bits per heavy atom. The van der Waals surface area contributed by atoms with Crippen molar-refractivity contribution in [2.45, 2.75) is 474 Å². The largest absolute Gasteiger partial charge is 0.466 e. The highest BCUT2D eigenvalue weighted by molar-refractivity contribution is 5.76. The SMILES string of the molecule is CCCCCCCCCC/C=C/C(O)C(COC1OC(CO)C(O)C(O)C1O)NC(=O)CCCCCCCCCCCCCCCCCCCCCCCCCCCCCCCCCCCCCCCOC(=O)CCCCCCCCCCCCCCCCCCC. The molecule has 7 unspecified atom stereocenters. The Morgan fingerprint density at radius 1 is 0.391 bits per heavy atom. The Balaban J connectivity index is 1.83. The fraction of sp³-hybridized carbons (Fsp3) is 0.951. The first-order chi connectivity index (χ1) is 45.2. The number of unbranched alkanes of at least 4 members (excludes halogenated alkanes) is 60. The third kappa shape index (κ3) is 58.5. The van der Waals surface area contributed by atoms with Crippen molar-refractivity contribution in [3.05, 3.63) is 12.2 Å². The van der Waals surface area contributed by atoms with Gasteiger partial charge in [0.1, 0.15) is 24.4 Å². The summed E-state index contributed by atoms with van der Waals surface area (Å²) in [6, 6.07) is -0.804. The molecule has 0 spiro atoms. The maximum atomic E-state index is 13.0. The van der Waals surface area contributed by atoms with Gasteiger partial charge in [-0.05, 0) is 32.1 Å². The molecule has 6 N–H and O–H groups in total. The molecule has 1 aliphatic rings. The summed E-state index contributed by atoms with van der Waals surface area (Å²) in [4.78, 5) is 25.2. The molecule has 11 heteroatoms. The van der Waals surface area contributed by atoms with Crippen LogP contribution in [-0.4, -0.2) is 100 Å². The van der Waals surface area contributed by atoms with Gasteiger partial charge in [-0.1, -0.05) is 398 Å². The molecule has 1 rings (SSSR count). The van der Waals surface area contributed by atoms with Crippen LogP contribution in [0.5, 0.6) is 0 Å². The zero-order valence-corrected chi connectivity index (χ0v) is 61.1. The normalized spacial score (nSPS) is 17.5. The first-order valence-corrected chi connectivity index (χ1v) is 41.0. The van der Waals surface area contributed by atoms with E-state index in [9.17, 15) is 35.1 Å². The van der Waals surface area contributed by atoms with E-state index in [1.54, 1.807) is 6.08 Å². The number of aliphatic hydroxyl groups excluding tert-OH is 5. The van der Waals surface area contributed by atoms with Crippen molar-refractivity contribution in [3.8, 4) is 0 Å². The highest BCUT2D eigenvalue weighted by Gasteiger charge is 2.44. The number of hydrogen-bond acceptors (Lipinski definition) is 10. The number of carbonyl (C=O) groups excluding carboxylic acids is 2. The molecular formula is C81H157NO10. The van der Waals surface area contributed by atoms with Gasteiger partial charge >= 0.3 is 5.97 Å². The maximum Gasteiger partial charge on any atom is 0.305 e. The maximum absolute atomic E-state index is 13.0. The van der Waals surface area contributed by atoms with Crippen molar-refractivity contribution in [1.82, 2.24) is 5.32 Å². The lowest BCUT2D eigenvalue weighted by molar-refractivity contribution is -0.302. The van der Waals surface area contributed by atoms with Crippen molar-refractivity contribution < 1.29 is 49.3 Å². The van der Waals surface area contributed by atoms with Crippen LogP contribution in [0.3, 0.4) is 0 Å². The van der Waals surface area contributed by atoms with Crippen LogP contribution < -0.4 is 5.32 Å². The summed E-state index contributed by atoms with van der Waals surface area (Å²) in [7, 11) is 0. The minimum Gasteiger partial charge on any atom is -0.466 e. The summed E-state index contributed by atoms with van der Waals surface area (Å²) >= 11 is 0. The molecule has 11 nitrogen and oxygen atoms in total. The van der Waals surface area contributed by atoms with Crippen molar-refractivity contribution in [2.24, 2.45) is 0 Å². The van der Waals surface area contributed by atoms with Gasteiger partial charge in [0.2, 0.25) is 5.91 Å². The third-order valence-corrected chi connectivity index (χ3v) is 19.9. The average Bonchev–Trinajstić information content (AvgIpc) is 1.01. The lowest BCUT2D eigenvalue weighted by Gasteiger charge is -2.40. The van der Waals surface area contributed by atoms with Gasteiger partial charge in [0.25, 0.3) is 0 Å². The van der Waals surface area contributed by atoms with Gasteiger partial charge in [0.05, 0.1) is 32.0 Å². The van der Waals surface area contributed by atoms with E-state index in [0.29, 0.717) is 19.4 Å². The first kappa shape index (κ1) is 88.4. The number of carbonyl (C=O) groups is 2. The van der Waals surface area contributed by atoms with Crippen molar-refractivity contribution in [2.75, 3.05) is 19.8 Å².